The Balaban J connectivity index is 1.96. The molecular formula is C20H25N3O2. The molecule has 2 amide bonds. The predicted molar refractivity (Wildman–Crippen MR) is 102 cm³/mol. The van der Waals surface area contributed by atoms with E-state index in [9.17, 15) is 4.79 Å². The molecule has 0 spiro atoms. The molecule has 0 fully saturated rings. The van der Waals surface area contributed by atoms with Gasteiger partial charge in [-0.1, -0.05) is 24.3 Å². The summed E-state index contributed by atoms with van der Waals surface area (Å²) in [6, 6.07) is 13.3. The summed E-state index contributed by atoms with van der Waals surface area (Å²) in [5.74, 6) is 0. The number of carbonyl (C=O) groups is 1. The molecule has 0 aliphatic rings. The molecule has 2 aromatic rings. The standard InChI is InChI=1S/C20H25N3O2/c1-4-25-16(2)15-23(3)20(24)22-19-10-7-8-17(14-19)11-12-18-9-5-6-13-21-18/h5-14,16H,4,15H2,1-3H3,(H,22,24)/b12-11+/t16-/m0/s1. The van der Waals surface area contributed by atoms with Gasteiger partial charge in [-0.05, 0) is 49.8 Å². The highest BCUT2D eigenvalue weighted by atomic mass is 16.5. The van der Waals surface area contributed by atoms with Crippen LogP contribution in [0.15, 0.2) is 48.7 Å². The average Bonchev–Trinajstić information content (AvgIpc) is 2.61. The van der Waals surface area contributed by atoms with Gasteiger partial charge in [0, 0.05) is 32.1 Å². The number of hydrogen-bond acceptors (Lipinski definition) is 3. The highest BCUT2D eigenvalue weighted by Gasteiger charge is 2.12. The van der Waals surface area contributed by atoms with Crippen molar-refractivity contribution in [3.8, 4) is 0 Å². The molecule has 0 radical (unpaired) electrons. The van der Waals surface area contributed by atoms with Crippen molar-refractivity contribution in [1.29, 1.82) is 0 Å². The number of benzene rings is 1. The minimum Gasteiger partial charge on any atom is -0.377 e. The van der Waals surface area contributed by atoms with E-state index < -0.39 is 0 Å². The zero-order chi connectivity index (χ0) is 18.1. The summed E-state index contributed by atoms with van der Waals surface area (Å²) in [5, 5.41) is 2.91. The van der Waals surface area contributed by atoms with Crippen molar-refractivity contribution in [2.24, 2.45) is 0 Å². The summed E-state index contributed by atoms with van der Waals surface area (Å²) in [4.78, 5) is 18.2. The van der Waals surface area contributed by atoms with E-state index in [1.807, 2.05) is 68.5 Å². The Kier molecular flexibility index (Phi) is 7.16. The third-order valence-corrected chi connectivity index (χ3v) is 3.60. The predicted octanol–water partition coefficient (Wildman–Crippen LogP) is 4.14. The molecule has 1 heterocycles. The van der Waals surface area contributed by atoms with Gasteiger partial charge in [0.1, 0.15) is 0 Å². The van der Waals surface area contributed by atoms with Crippen LogP contribution >= 0.6 is 0 Å². The Morgan fingerprint density at radius 3 is 2.84 bits per heavy atom. The van der Waals surface area contributed by atoms with Crippen LogP contribution in [0.1, 0.15) is 25.1 Å². The molecule has 1 N–H and O–H groups in total. The highest BCUT2D eigenvalue weighted by Crippen LogP contribution is 2.14. The Morgan fingerprint density at radius 1 is 1.28 bits per heavy atom. The molecule has 0 saturated carbocycles. The molecular weight excluding hydrogens is 314 g/mol. The molecule has 0 saturated heterocycles. The van der Waals surface area contributed by atoms with Gasteiger partial charge in [-0.15, -0.1) is 0 Å². The molecule has 1 atom stereocenters. The molecule has 1 aromatic carbocycles. The highest BCUT2D eigenvalue weighted by molar-refractivity contribution is 5.89. The van der Waals surface area contributed by atoms with Crippen molar-refractivity contribution in [3.05, 3.63) is 59.9 Å². The molecule has 5 nitrogen and oxygen atoms in total. The lowest BCUT2D eigenvalue weighted by Gasteiger charge is -2.22. The molecule has 0 unspecified atom stereocenters. The second-order valence-corrected chi connectivity index (χ2v) is 5.79. The molecule has 0 aliphatic heterocycles. The number of amides is 2. The van der Waals surface area contributed by atoms with Crippen LogP contribution in [0.5, 0.6) is 0 Å². The fourth-order valence-corrected chi connectivity index (χ4v) is 2.40. The first-order valence-corrected chi connectivity index (χ1v) is 8.41. The first-order chi connectivity index (χ1) is 12.1. The molecule has 25 heavy (non-hydrogen) atoms. The zero-order valence-corrected chi connectivity index (χ0v) is 15.0. The van der Waals surface area contributed by atoms with E-state index >= 15 is 0 Å². The fourth-order valence-electron chi connectivity index (χ4n) is 2.40. The summed E-state index contributed by atoms with van der Waals surface area (Å²) in [6.45, 7) is 5.08. The number of carbonyl (C=O) groups excluding carboxylic acids is 1. The Morgan fingerprint density at radius 2 is 2.12 bits per heavy atom. The average molecular weight is 339 g/mol. The lowest BCUT2D eigenvalue weighted by atomic mass is 10.1. The van der Waals surface area contributed by atoms with Crippen molar-refractivity contribution in [2.45, 2.75) is 20.0 Å². The van der Waals surface area contributed by atoms with E-state index in [0.717, 1.165) is 16.9 Å². The van der Waals surface area contributed by atoms with Crippen LogP contribution < -0.4 is 5.32 Å². The number of pyridine rings is 1. The van der Waals surface area contributed by atoms with E-state index in [-0.39, 0.29) is 12.1 Å². The number of nitrogens with one attached hydrogen (secondary N) is 1. The summed E-state index contributed by atoms with van der Waals surface area (Å²) in [5.41, 5.74) is 2.64. The number of aromatic nitrogens is 1. The van der Waals surface area contributed by atoms with E-state index in [0.29, 0.717) is 13.2 Å². The molecule has 0 aliphatic carbocycles. The van der Waals surface area contributed by atoms with Crippen molar-refractivity contribution in [1.82, 2.24) is 9.88 Å². The summed E-state index contributed by atoms with van der Waals surface area (Å²) < 4.78 is 5.47. The summed E-state index contributed by atoms with van der Waals surface area (Å²) in [7, 11) is 1.76. The number of likely N-dealkylation sites (N-methyl/N-ethyl adjacent to an activating group) is 1. The van der Waals surface area contributed by atoms with Crippen molar-refractivity contribution in [2.75, 3.05) is 25.5 Å². The van der Waals surface area contributed by atoms with Gasteiger partial charge in [-0.3, -0.25) is 4.98 Å². The lowest BCUT2D eigenvalue weighted by molar-refractivity contribution is 0.0594. The van der Waals surface area contributed by atoms with Gasteiger partial charge in [-0.2, -0.15) is 0 Å². The molecule has 5 heteroatoms. The van der Waals surface area contributed by atoms with Crippen LogP contribution in [0, 0.1) is 0 Å². The fraction of sp³-hybridized carbons (Fsp3) is 0.300. The molecule has 0 bridgehead atoms. The number of anilines is 1. The van der Waals surface area contributed by atoms with Crippen LogP contribution in [0.2, 0.25) is 0 Å². The van der Waals surface area contributed by atoms with Crippen LogP contribution in [-0.4, -0.2) is 42.2 Å². The number of rotatable bonds is 7. The Labute approximate surface area is 149 Å². The molecule has 1 aromatic heterocycles. The topological polar surface area (TPSA) is 54.5 Å². The Bertz CT molecular complexity index is 701. The van der Waals surface area contributed by atoms with Crippen molar-refractivity contribution >= 4 is 23.9 Å². The number of nitrogens with zero attached hydrogens (tertiary/aromatic N) is 2. The lowest BCUT2D eigenvalue weighted by Crippen LogP contribution is -2.37. The van der Waals surface area contributed by atoms with E-state index in [1.165, 1.54) is 0 Å². The SMILES string of the molecule is CCO[C@@H](C)CN(C)C(=O)Nc1cccc(/C=C/c2ccccn2)c1. The third kappa shape index (κ3) is 6.39. The number of hydrogen-bond donors (Lipinski definition) is 1. The first kappa shape index (κ1) is 18.7. The minimum absolute atomic E-state index is 0.00777. The number of urea groups is 1. The second kappa shape index (κ2) is 9.59. The number of ether oxygens (including phenoxy) is 1. The Hall–Kier alpha value is -2.66. The smallest absolute Gasteiger partial charge is 0.321 e. The summed E-state index contributed by atoms with van der Waals surface area (Å²) in [6.07, 6.45) is 5.68. The van der Waals surface area contributed by atoms with E-state index in [2.05, 4.69) is 10.3 Å². The normalized spacial score (nSPS) is 12.1. The van der Waals surface area contributed by atoms with E-state index in [4.69, 9.17) is 4.74 Å². The van der Waals surface area contributed by atoms with Gasteiger partial charge in [0.2, 0.25) is 0 Å². The van der Waals surface area contributed by atoms with Gasteiger partial charge in [0.15, 0.2) is 0 Å². The van der Waals surface area contributed by atoms with Crippen LogP contribution in [0.4, 0.5) is 10.5 Å². The molecule has 132 valence electrons. The molecule has 2 rings (SSSR count). The van der Waals surface area contributed by atoms with Gasteiger partial charge in [0.25, 0.3) is 0 Å². The third-order valence-electron chi connectivity index (χ3n) is 3.60. The van der Waals surface area contributed by atoms with Gasteiger partial charge in [0.05, 0.1) is 11.8 Å². The summed E-state index contributed by atoms with van der Waals surface area (Å²) >= 11 is 0. The van der Waals surface area contributed by atoms with Crippen LogP contribution in [0.25, 0.3) is 12.2 Å². The van der Waals surface area contributed by atoms with Gasteiger partial charge >= 0.3 is 6.03 Å². The maximum absolute atomic E-state index is 12.3. The van der Waals surface area contributed by atoms with Crippen molar-refractivity contribution < 1.29 is 9.53 Å². The second-order valence-electron chi connectivity index (χ2n) is 5.79. The van der Waals surface area contributed by atoms with Gasteiger partial charge in [-0.25, -0.2) is 4.79 Å². The first-order valence-electron chi connectivity index (χ1n) is 8.41. The van der Waals surface area contributed by atoms with Crippen LogP contribution in [-0.2, 0) is 4.74 Å². The zero-order valence-electron chi connectivity index (χ0n) is 15.0. The quantitative estimate of drug-likeness (QED) is 0.825. The largest absolute Gasteiger partial charge is 0.377 e. The van der Waals surface area contributed by atoms with Crippen molar-refractivity contribution in [3.63, 3.8) is 0 Å². The van der Waals surface area contributed by atoms with E-state index in [1.54, 1.807) is 18.1 Å². The monoisotopic (exact) mass is 339 g/mol. The van der Waals surface area contributed by atoms with Gasteiger partial charge < -0.3 is 15.0 Å². The maximum atomic E-state index is 12.3. The van der Waals surface area contributed by atoms with Crippen LogP contribution in [0.3, 0.4) is 0 Å². The minimum atomic E-state index is -0.155. The maximum Gasteiger partial charge on any atom is 0.321 e.